The van der Waals surface area contributed by atoms with E-state index in [0.29, 0.717) is 51.0 Å². The van der Waals surface area contributed by atoms with Gasteiger partial charge in [0.2, 0.25) is 0 Å². The minimum Gasteiger partial charge on any atom is -0.465 e. The van der Waals surface area contributed by atoms with Crippen LogP contribution in [0.2, 0.25) is 0 Å². The smallest absolute Gasteiger partial charge is 0.316 e. The van der Waals surface area contributed by atoms with Crippen LogP contribution >= 0.6 is 11.6 Å². The molecule has 0 N–H and O–H groups in total. The maximum atomic E-state index is 12.8. The number of unbranched alkanes of at least 4 members (excludes halogenated alkanes) is 18. The fraction of sp³-hybridized carbons (Fsp3) is 0.940. The van der Waals surface area contributed by atoms with Crippen molar-refractivity contribution in [2.45, 2.75) is 245 Å². The summed E-state index contributed by atoms with van der Waals surface area (Å²) in [6.07, 6.45) is 35.3. The maximum Gasteiger partial charge on any atom is 0.316 e. The Balaban J connectivity index is 2.42. The fourth-order valence-electron chi connectivity index (χ4n) is 8.62. The Morgan fingerprint density at radius 1 is 0.576 bits per heavy atom. The monoisotopic (exact) mass is 855 g/mol. The average molecular weight is 856 g/mol. The highest BCUT2D eigenvalue weighted by Crippen LogP contribution is 2.23. The first kappa shape index (κ1) is 55.6. The van der Waals surface area contributed by atoms with E-state index in [9.17, 15) is 14.4 Å². The summed E-state index contributed by atoms with van der Waals surface area (Å²) in [6, 6.07) is 0.112. The van der Waals surface area contributed by atoms with Crippen molar-refractivity contribution in [3.63, 3.8) is 0 Å². The number of halogens is 1. The molecule has 9 heteroatoms. The molecule has 1 rings (SSSR count). The predicted octanol–water partition coefficient (Wildman–Crippen LogP) is 14.2. The van der Waals surface area contributed by atoms with Gasteiger partial charge in [0, 0.05) is 38.5 Å². The molecule has 0 radical (unpaired) electrons. The molecule has 8 nitrogen and oxygen atoms in total. The Labute approximate surface area is 369 Å². The van der Waals surface area contributed by atoms with E-state index in [1.54, 1.807) is 0 Å². The summed E-state index contributed by atoms with van der Waals surface area (Å²) in [4.78, 5) is 42.0. The van der Waals surface area contributed by atoms with Crippen molar-refractivity contribution in [1.82, 2.24) is 9.80 Å². The summed E-state index contributed by atoms with van der Waals surface area (Å²) in [5.41, 5.74) is 0. The van der Waals surface area contributed by atoms with Crippen LogP contribution in [0.5, 0.6) is 0 Å². The number of carbonyl (C=O) groups excluding carboxylic acids is 3. The highest BCUT2D eigenvalue weighted by atomic mass is 35.5. The number of amides is 1. The van der Waals surface area contributed by atoms with Crippen LogP contribution in [0.3, 0.4) is 0 Å². The van der Waals surface area contributed by atoms with E-state index in [-0.39, 0.29) is 29.5 Å². The number of hydrogen-bond donors (Lipinski definition) is 0. The summed E-state index contributed by atoms with van der Waals surface area (Å²) in [5, 5.41) is -0.369. The molecule has 1 amide bonds. The Morgan fingerprint density at radius 2 is 0.966 bits per heavy atom. The molecule has 0 saturated carbocycles. The molecule has 1 fully saturated rings. The van der Waals surface area contributed by atoms with Gasteiger partial charge in [0.15, 0.2) is 0 Å². The summed E-state index contributed by atoms with van der Waals surface area (Å²) in [6.45, 7) is 13.1. The molecule has 1 aliphatic heterocycles. The molecule has 3 atom stereocenters. The van der Waals surface area contributed by atoms with Crippen molar-refractivity contribution in [2.24, 2.45) is 11.8 Å². The number of likely N-dealkylation sites (N-methyl/N-ethyl adjacent to an activating group) is 1. The van der Waals surface area contributed by atoms with Crippen LogP contribution < -0.4 is 0 Å². The zero-order valence-electron chi connectivity index (χ0n) is 39.4. The van der Waals surface area contributed by atoms with Crippen LogP contribution in [-0.4, -0.2) is 85.8 Å². The van der Waals surface area contributed by atoms with Gasteiger partial charge in [0.25, 0.3) is 0 Å². The summed E-state index contributed by atoms with van der Waals surface area (Å²) < 4.78 is 17.5. The first-order valence-corrected chi connectivity index (χ1v) is 25.7. The van der Waals surface area contributed by atoms with Gasteiger partial charge in [-0.15, -0.1) is 0 Å². The Kier molecular flexibility index (Phi) is 37.2. The molecule has 59 heavy (non-hydrogen) atoms. The average Bonchev–Trinajstić information content (AvgIpc) is 3.22. The second-order valence-electron chi connectivity index (χ2n) is 18.2. The zero-order valence-corrected chi connectivity index (χ0v) is 40.2. The Hall–Kier alpha value is -1.38. The van der Waals surface area contributed by atoms with Gasteiger partial charge in [0.05, 0.1) is 25.9 Å². The van der Waals surface area contributed by atoms with Gasteiger partial charge < -0.3 is 24.0 Å². The van der Waals surface area contributed by atoms with Crippen molar-refractivity contribution >= 4 is 28.9 Å². The molecular weight excluding hydrogens is 760 g/mol. The summed E-state index contributed by atoms with van der Waals surface area (Å²) in [7, 11) is 2.10. The van der Waals surface area contributed by atoms with E-state index in [2.05, 4.69) is 39.6 Å². The molecule has 1 aliphatic rings. The molecule has 1 heterocycles. The molecule has 1 saturated heterocycles. The fourth-order valence-corrected chi connectivity index (χ4v) is 8.83. The van der Waals surface area contributed by atoms with Crippen molar-refractivity contribution in [3.05, 3.63) is 0 Å². The molecule has 0 aliphatic carbocycles. The molecule has 0 aromatic heterocycles. The molecule has 3 unspecified atom stereocenters. The number of ether oxygens (including phenoxy) is 3. The van der Waals surface area contributed by atoms with Gasteiger partial charge >= 0.3 is 17.3 Å². The Bertz CT molecular complexity index is 944. The SMILES string of the molecule is CCCCCCC(CCCC)COC(=O)CCCCCCCCC(CCCCCCCCC(=O)OCC(CCCC)CCCCCC)N(CC1CN(C)CCO1)C(=O)Cl. The van der Waals surface area contributed by atoms with Crippen LogP contribution in [0, 0.1) is 11.8 Å². The lowest BCUT2D eigenvalue weighted by molar-refractivity contribution is -0.146. The highest BCUT2D eigenvalue weighted by Gasteiger charge is 2.28. The zero-order chi connectivity index (χ0) is 43.2. The lowest BCUT2D eigenvalue weighted by Gasteiger charge is -2.37. The van der Waals surface area contributed by atoms with Gasteiger partial charge in [-0.3, -0.25) is 14.4 Å². The molecule has 348 valence electrons. The third kappa shape index (κ3) is 32.0. The predicted molar refractivity (Wildman–Crippen MR) is 248 cm³/mol. The highest BCUT2D eigenvalue weighted by molar-refractivity contribution is 6.62. The number of nitrogens with zero attached hydrogens (tertiary/aromatic N) is 2. The lowest BCUT2D eigenvalue weighted by Crippen LogP contribution is -2.49. The summed E-state index contributed by atoms with van der Waals surface area (Å²) >= 11 is 6.27. The van der Waals surface area contributed by atoms with E-state index in [0.717, 1.165) is 103 Å². The lowest BCUT2D eigenvalue weighted by atomic mass is 9.96. The van der Waals surface area contributed by atoms with Crippen LogP contribution in [-0.2, 0) is 23.8 Å². The largest absolute Gasteiger partial charge is 0.465 e. The molecule has 0 aromatic rings. The van der Waals surface area contributed by atoms with Crippen molar-refractivity contribution in [3.8, 4) is 0 Å². The molecule has 0 spiro atoms. The van der Waals surface area contributed by atoms with Crippen LogP contribution in [0.4, 0.5) is 4.79 Å². The number of carbonyl (C=O) groups is 3. The van der Waals surface area contributed by atoms with E-state index in [4.69, 9.17) is 25.8 Å². The minimum atomic E-state index is -0.369. The van der Waals surface area contributed by atoms with E-state index >= 15 is 0 Å². The van der Waals surface area contributed by atoms with Crippen LogP contribution in [0.1, 0.15) is 233 Å². The van der Waals surface area contributed by atoms with Crippen molar-refractivity contribution < 1.29 is 28.6 Å². The second kappa shape index (κ2) is 39.5. The van der Waals surface area contributed by atoms with Crippen LogP contribution in [0.15, 0.2) is 0 Å². The molecule has 0 aromatic carbocycles. The van der Waals surface area contributed by atoms with Gasteiger partial charge in [-0.2, -0.15) is 0 Å². The van der Waals surface area contributed by atoms with E-state index in [1.165, 1.54) is 103 Å². The van der Waals surface area contributed by atoms with Gasteiger partial charge in [-0.25, -0.2) is 0 Å². The number of hydrogen-bond acceptors (Lipinski definition) is 7. The normalized spacial score (nSPS) is 16.1. The quantitative estimate of drug-likeness (QED) is 0.0262. The first-order valence-electron chi connectivity index (χ1n) is 25.3. The topological polar surface area (TPSA) is 85.4 Å². The van der Waals surface area contributed by atoms with Gasteiger partial charge in [0.1, 0.15) is 0 Å². The molecule has 0 bridgehead atoms. The van der Waals surface area contributed by atoms with Crippen LogP contribution in [0.25, 0.3) is 0 Å². The van der Waals surface area contributed by atoms with E-state index < -0.39 is 0 Å². The maximum absolute atomic E-state index is 12.8. The van der Waals surface area contributed by atoms with E-state index in [1.807, 2.05) is 4.90 Å². The number of esters is 2. The molecular formula is C50H95ClN2O6. The summed E-state index contributed by atoms with van der Waals surface area (Å²) in [5.74, 6) is 0.962. The van der Waals surface area contributed by atoms with Gasteiger partial charge in [-0.05, 0) is 81.9 Å². The Morgan fingerprint density at radius 3 is 1.39 bits per heavy atom. The first-order chi connectivity index (χ1) is 28.7. The third-order valence-electron chi connectivity index (χ3n) is 12.6. The number of morpholine rings is 1. The minimum absolute atomic E-state index is 0.0154. The number of rotatable bonds is 41. The second-order valence-corrected chi connectivity index (χ2v) is 18.5. The van der Waals surface area contributed by atoms with Crippen molar-refractivity contribution in [2.75, 3.05) is 46.5 Å². The van der Waals surface area contributed by atoms with Gasteiger partial charge in [-0.1, -0.05) is 169 Å². The standard InChI is InChI=1S/C50H95ClN2O6/c1-6-10-14-24-32-44(30-12-8-3)42-58-48(54)36-28-22-18-16-20-26-34-46(53(50(51)56)41-47-40-52(5)38-39-57-47)35-27-21-17-19-23-29-37-49(55)59-43-45(31-13-9-4)33-25-15-11-7-2/h44-47H,6-43H2,1-5H3. The van der Waals surface area contributed by atoms with Crippen molar-refractivity contribution in [1.29, 1.82) is 0 Å². The third-order valence-corrected chi connectivity index (χ3v) is 12.8.